The number of hydrogen-bond acceptors (Lipinski definition) is 8. The monoisotopic (exact) mass is 530 g/mol. The zero-order chi connectivity index (χ0) is 28.6. The van der Waals surface area contributed by atoms with Gasteiger partial charge in [0.25, 0.3) is 5.91 Å². The number of imide groups is 1. The first-order chi connectivity index (χ1) is 17.8. The summed E-state index contributed by atoms with van der Waals surface area (Å²) in [5, 5.41) is 2.45. The standard InChI is InChI=1S/C28H42N4O6/c1-19-17-22(10-11-23(19)26(36)32(18-34)24(9-8-16-33)25(35)29-7)31-14-12-30(13-15-31)21(3)20(2)27(37)38-28(4,5)6/h10-11,16-18,20-21,24H,8-9,12-15H2,1-7H3,(H,29,35). The second kappa shape index (κ2) is 13.5. The van der Waals surface area contributed by atoms with E-state index < -0.39 is 23.5 Å². The summed E-state index contributed by atoms with van der Waals surface area (Å²) in [5.74, 6) is -1.54. The predicted octanol–water partition coefficient (Wildman–Crippen LogP) is 2.18. The van der Waals surface area contributed by atoms with E-state index in [1.54, 1.807) is 13.0 Å². The van der Waals surface area contributed by atoms with Gasteiger partial charge in [0.15, 0.2) is 0 Å². The van der Waals surface area contributed by atoms with Gasteiger partial charge in [-0.15, -0.1) is 0 Å². The molecule has 210 valence electrons. The van der Waals surface area contributed by atoms with Gasteiger partial charge in [-0.25, -0.2) is 0 Å². The van der Waals surface area contributed by atoms with Gasteiger partial charge >= 0.3 is 5.97 Å². The van der Waals surface area contributed by atoms with Crippen molar-refractivity contribution in [2.75, 3.05) is 38.1 Å². The minimum atomic E-state index is -1.06. The molecular formula is C28H42N4O6. The largest absolute Gasteiger partial charge is 0.460 e. The van der Waals surface area contributed by atoms with Crippen molar-refractivity contribution in [2.24, 2.45) is 5.92 Å². The molecule has 2 rings (SSSR count). The van der Waals surface area contributed by atoms with Crippen molar-refractivity contribution in [3.05, 3.63) is 29.3 Å². The molecule has 1 aliphatic heterocycles. The van der Waals surface area contributed by atoms with E-state index >= 15 is 0 Å². The third-order valence-electron chi connectivity index (χ3n) is 6.99. The van der Waals surface area contributed by atoms with Crippen molar-refractivity contribution in [2.45, 2.75) is 72.1 Å². The summed E-state index contributed by atoms with van der Waals surface area (Å²) in [6, 6.07) is 4.39. The SMILES string of the molecule is CNC(=O)C(CCC=O)N(C=O)C(=O)c1ccc(N2CCN(C(C)C(C)C(=O)OC(C)(C)C)CC2)cc1C. The lowest BCUT2D eigenvalue weighted by molar-refractivity contribution is -0.161. The number of likely N-dealkylation sites (N-methyl/N-ethyl adjacent to an activating group) is 1. The Morgan fingerprint density at radius 2 is 1.74 bits per heavy atom. The minimum absolute atomic E-state index is 0.0375. The van der Waals surface area contributed by atoms with E-state index in [4.69, 9.17) is 4.74 Å². The number of nitrogens with one attached hydrogen (secondary N) is 1. The fourth-order valence-electron chi connectivity index (χ4n) is 4.57. The van der Waals surface area contributed by atoms with Gasteiger partial charge in [0.1, 0.15) is 17.9 Å². The van der Waals surface area contributed by atoms with Crippen LogP contribution >= 0.6 is 0 Å². The van der Waals surface area contributed by atoms with E-state index in [9.17, 15) is 24.0 Å². The molecule has 0 aromatic heterocycles. The third kappa shape index (κ3) is 7.86. The smallest absolute Gasteiger partial charge is 0.310 e. The summed E-state index contributed by atoms with van der Waals surface area (Å²) >= 11 is 0. The molecule has 1 heterocycles. The van der Waals surface area contributed by atoms with E-state index in [-0.39, 0.29) is 30.8 Å². The van der Waals surface area contributed by atoms with Crippen LogP contribution in [0.5, 0.6) is 0 Å². The number of aldehydes is 1. The van der Waals surface area contributed by atoms with Crippen LogP contribution in [0.4, 0.5) is 5.69 Å². The lowest BCUT2D eigenvalue weighted by Crippen LogP contribution is -2.52. The Kier molecular flexibility index (Phi) is 11.0. The number of carbonyl (C=O) groups excluding carboxylic acids is 5. The van der Waals surface area contributed by atoms with Crippen LogP contribution in [0.2, 0.25) is 0 Å². The Morgan fingerprint density at radius 1 is 1.11 bits per heavy atom. The van der Waals surface area contributed by atoms with Crippen LogP contribution in [0.25, 0.3) is 0 Å². The summed E-state index contributed by atoms with van der Waals surface area (Å²) in [7, 11) is 1.42. The molecule has 0 aliphatic carbocycles. The number of amides is 3. The molecule has 0 bridgehead atoms. The zero-order valence-electron chi connectivity index (χ0n) is 23.7. The van der Waals surface area contributed by atoms with E-state index in [0.717, 1.165) is 36.8 Å². The summed E-state index contributed by atoms with van der Waals surface area (Å²) < 4.78 is 5.56. The van der Waals surface area contributed by atoms with Crippen molar-refractivity contribution in [3.8, 4) is 0 Å². The summed E-state index contributed by atoms with van der Waals surface area (Å²) in [6.07, 6.45) is 1.11. The van der Waals surface area contributed by atoms with Crippen molar-refractivity contribution in [1.82, 2.24) is 15.1 Å². The Labute approximate surface area is 225 Å². The minimum Gasteiger partial charge on any atom is -0.460 e. The topological polar surface area (TPSA) is 116 Å². The molecule has 10 heteroatoms. The number of piperazine rings is 1. The molecule has 1 saturated heterocycles. The van der Waals surface area contributed by atoms with Crippen molar-refractivity contribution >= 4 is 36.2 Å². The molecule has 3 amide bonds. The van der Waals surface area contributed by atoms with E-state index in [1.165, 1.54) is 7.05 Å². The van der Waals surface area contributed by atoms with Crippen LogP contribution in [0.15, 0.2) is 18.2 Å². The molecule has 3 unspecified atom stereocenters. The Balaban J connectivity index is 2.09. The highest BCUT2D eigenvalue weighted by Crippen LogP contribution is 2.24. The second-order valence-corrected chi connectivity index (χ2v) is 10.8. The highest BCUT2D eigenvalue weighted by molar-refractivity contribution is 6.04. The average molecular weight is 531 g/mol. The number of anilines is 1. The van der Waals surface area contributed by atoms with Gasteiger partial charge in [0.2, 0.25) is 12.3 Å². The van der Waals surface area contributed by atoms with Crippen LogP contribution in [0.3, 0.4) is 0 Å². The molecule has 38 heavy (non-hydrogen) atoms. The summed E-state index contributed by atoms with van der Waals surface area (Å²) in [6.45, 7) is 14.4. The van der Waals surface area contributed by atoms with Crippen molar-refractivity contribution in [3.63, 3.8) is 0 Å². The van der Waals surface area contributed by atoms with Gasteiger partial charge < -0.3 is 19.7 Å². The highest BCUT2D eigenvalue weighted by atomic mass is 16.6. The van der Waals surface area contributed by atoms with Gasteiger partial charge in [-0.05, 0) is 64.8 Å². The molecule has 0 radical (unpaired) electrons. The molecule has 1 N–H and O–H groups in total. The molecule has 3 atom stereocenters. The Hall–Kier alpha value is -3.27. The third-order valence-corrected chi connectivity index (χ3v) is 6.99. The van der Waals surface area contributed by atoms with Gasteiger partial charge in [-0.3, -0.25) is 29.0 Å². The Morgan fingerprint density at radius 3 is 2.24 bits per heavy atom. The molecule has 0 spiro atoms. The number of esters is 1. The molecule has 1 aromatic rings. The van der Waals surface area contributed by atoms with Crippen LogP contribution in [-0.2, 0) is 23.9 Å². The van der Waals surface area contributed by atoms with Gasteiger partial charge in [-0.1, -0.05) is 6.92 Å². The quantitative estimate of drug-likeness (QED) is 0.342. The second-order valence-electron chi connectivity index (χ2n) is 10.8. The van der Waals surface area contributed by atoms with Gasteiger partial charge in [0, 0.05) is 56.9 Å². The number of ether oxygens (including phenoxy) is 1. The maximum atomic E-state index is 13.2. The molecule has 1 aliphatic rings. The van der Waals surface area contributed by atoms with E-state index in [0.29, 0.717) is 23.8 Å². The van der Waals surface area contributed by atoms with E-state index in [2.05, 4.69) is 22.0 Å². The van der Waals surface area contributed by atoms with Crippen LogP contribution < -0.4 is 10.2 Å². The number of benzene rings is 1. The molecule has 1 aromatic carbocycles. The predicted molar refractivity (Wildman–Crippen MR) is 145 cm³/mol. The van der Waals surface area contributed by atoms with Gasteiger partial charge in [-0.2, -0.15) is 0 Å². The van der Waals surface area contributed by atoms with Crippen LogP contribution in [-0.4, -0.2) is 91.2 Å². The maximum Gasteiger partial charge on any atom is 0.310 e. The lowest BCUT2D eigenvalue weighted by atomic mass is 10.0. The number of aryl methyl sites for hydroxylation is 1. The molecule has 1 fully saturated rings. The van der Waals surface area contributed by atoms with E-state index in [1.807, 2.05) is 39.8 Å². The van der Waals surface area contributed by atoms with Crippen LogP contribution in [0, 0.1) is 12.8 Å². The van der Waals surface area contributed by atoms with Crippen molar-refractivity contribution in [1.29, 1.82) is 0 Å². The number of nitrogens with zero attached hydrogens (tertiary/aromatic N) is 3. The number of rotatable bonds is 11. The molecular weight excluding hydrogens is 488 g/mol. The molecule has 10 nitrogen and oxygen atoms in total. The van der Waals surface area contributed by atoms with Gasteiger partial charge in [0.05, 0.1) is 5.92 Å². The summed E-state index contributed by atoms with van der Waals surface area (Å²) in [5.41, 5.74) is 1.43. The zero-order valence-corrected chi connectivity index (χ0v) is 23.7. The summed E-state index contributed by atoms with van der Waals surface area (Å²) in [4.78, 5) is 66.0. The average Bonchev–Trinajstić information content (AvgIpc) is 2.88. The number of carbonyl (C=O) groups is 5. The highest BCUT2D eigenvalue weighted by Gasteiger charge is 2.32. The lowest BCUT2D eigenvalue weighted by Gasteiger charge is -2.41. The molecule has 0 saturated carbocycles. The first kappa shape index (κ1) is 31.0. The van der Waals surface area contributed by atoms with Crippen molar-refractivity contribution < 1.29 is 28.7 Å². The number of hydrogen-bond donors (Lipinski definition) is 1. The normalized spacial score (nSPS) is 16.7. The Bertz CT molecular complexity index is 1010. The first-order valence-electron chi connectivity index (χ1n) is 13.1. The van der Waals surface area contributed by atoms with Crippen LogP contribution in [0.1, 0.15) is 63.4 Å². The fraction of sp³-hybridized carbons (Fsp3) is 0.607. The first-order valence-corrected chi connectivity index (χ1v) is 13.1. The fourth-order valence-corrected chi connectivity index (χ4v) is 4.57. The maximum absolute atomic E-state index is 13.2.